The zero-order chi connectivity index (χ0) is 102. The molecule has 0 saturated carbocycles. The number of nitrogens with zero attached hydrogens (tertiary/aromatic N) is 14. The molecule has 19 heteroatoms. The summed E-state index contributed by atoms with van der Waals surface area (Å²) in [6.45, 7) is 101. The SMILES string of the molecule is Cc1[c-]c(-c2nc(C)c(C)c3c(C)c(C)c(C)c(C)c23)c(C)c(C)c1C.Cc1nc(-c2nc(C)c(C)c(C)c2C)c(C)c(C)c1C.Cc1nc(-c2nc(C)c(C)c(C)c2C)c(C)c(C)c1C.Cc1nc(-c2nc(C)c(C)c(C)c2C)n(C)n1.Cc1nc(-c2nc(C)c(C)c3c(C)c(C)c(C)c(C)c23)c(C)c(C)c1C.Cc1nc(-c2nc(C)c(C)n2C)c(C)c(C)c1C.[2HH].[2HH].[2HH].[2HH].[2HH].[2HH].[2HH].[2H][2H].[2H][2H].[2H][2H].[CH3-].[CH3-].[CH3-].[CH3-].[CH3-].[CH3-].[CH3-].[CH3-].[Ir].[Ir].[Ir].[Ir].[Ir]. The van der Waals surface area contributed by atoms with Crippen molar-refractivity contribution >= 4 is 21.5 Å². The van der Waals surface area contributed by atoms with Gasteiger partial charge in [-0.1, -0.05) is 27.7 Å². The first-order valence-corrected chi connectivity index (χ1v) is 45.2. The molecule has 799 valence electrons. The van der Waals surface area contributed by atoms with Gasteiger partial charge in [-0.05, 0) is 492 Å². The summed E-state index contributed by atoms with van der Waals surface area (Å²) in [4.78, 5) is 52.9. The molecule has 0 N–H and O–H groups in total. The van der Waals surface area contributed by atoms with E-state index in [1.807, 2.05) is 27.8 Å². The van der Waals surface area contributed by atoms with E-state index in [9.17, 15) is 0 Å². The molecule has 11 heterocycles. The predicted octanol–water partition coefficient (Wildman–Crippen LogP) is 34.2. The van der Waals surface area contributed by atoms with Crippen molar-refractivity contribution in [3.8, 4) is 68.5 Å². The first kappa shape index (κ1) is 134. The van der Waals surface area contributed by atoms with Gasteiger partial charge in [-0.25, -0.2) is 24.6 Å². The maximum atomic E-state index is 5.09. The zero-order valence-corrected chi connectivity index (χ0v) is 109. The predicted molar refractivity (Wildman–Crippen MR) is 612 cm³/mol. The van der Waals surface area contributed by atoms with E-state index in [0.717, 1.165) is 131 Å². The number of aryl methyl sites for hydroxylation is 19. The van der Waals surface area contributed by atoms with Crippen molar-refractivity contribution in [3.05, 3.63) is 329 Å². The van der Waals surface area contributed by atoms with Crippen LogP contribution < -0.4 is 0 Å². The van der Waals surface area contributed by atoms with Crippen LogP contribution in [0.5, 0.6) is 0 Å². The van der Waals surface area contributed by atoms with Gasteiger partial charge in [0.15, 0.2) is 11.6 Å². The summed E-state index contributed by atoms with van der Waals surface area (Å²) in [5, 5.41) is 9.57. The van der Waals surface area contributed by atoms with Crippen LogP contribution in [0.4, 0.5) is 0 Å². The summed E-state index contributed by atoms with van der Waals surface area (Å²) >= 11 is 0. The normalized spacial score (nSPS) is 10.3. The van der Waals surface area contributed by atoms with Crippen molar-refractivity contribution < 1.29 is 119 Å². The summed E-state index contributed by atoms with van der Waals surface area (Å²) < 4.78 is 33.9. The Hall–Kier alpha value is -7.87. The molecule has 11 aromatic heterocycles. The average Bonchev–Trinajstić information content (AvgIpc) is 1.18. The van der Waals surface area contributed by atoms with Crippen molar-refractivity contribution in [2.45, 2.75) is 325 Å². The minimum atomic E-state index is 0. The Labute approximate surface area is 939 Å². The number of hydrogen-bond donors (Lipinski definition) is 0. The summed E-state index contributed by atoms with van der Waals surface area (Å²) in [5.74, 6) is 2.58. The van der Waals surface area contributed by atoms with Crippen LogP contribution in [0.25, 0.3) is 90.0 Å². The Bertz CT molecular complexity index is 6490. The van der Waals surface area contributed by atoms with Gasteiger partial charge in [-0.3, -0.25) is 29.9 Å². The van der Waals surface area contributed by atoms with Crippen molar-refractivity contribution in [2.75, 3.05) is 0 Å². The minimum absolute atomic E-state index is 0. The van der Waals surface area contributed by atoms with Crippen molar-refractivity contribution in [2.24, 2.45) is 14.1 Å². The van der Waals surface area contributed by atoms with Gasteiger partial charge in [0.05, 0.1) is 39.9 Å². The first-order chi connectivity index (χ1) is 61.9. The Balaban J connectivity index is -0.000000111. The van der Waals surface area contributed by atoms with E-state index in [2.05, 4.69) is 342 Å². The Morgan fingerprint density at radius 3 is 0.629 bits per heavy atom. The van der Waals surface area contributed by atoms with Crippen LogP contribution >= 0.6 is 0 Å². The number of pyridine rings is 9. The molecule has 14 nitrogen and oxygen atoms in total. The molecule has 0 aliphatic heterocycles. The maximum absolute atomic E-state index is 5.09. The average molecular weight is 2820 g/mol. The molecular formula is C121H191Ir5N14-9. The van der Waals surface area contributed by atoms with Gasteiger partial charge < -0.3 is 69.0 Å². The van der Waals surface area contributed by atoms with Crippen molar-refractivity contribution in [1.82, 2.24) is 69.2 Å². The van der Waals surface area contributed by atoms with Gasteiger partial charge in [-0.2, -0.15) is 5.10 Å². The van der Waals surface area contributed by atoms with Crippen LogP contribution in [-0.2, 0) is 115 Å². The molecule has 0 saturated heterocycles. The topological polar surface area (TPSA) is 165 Å². The molecule has 0 atom stereocenters. The fourth-order valence-corrected chi connectivity index (χ4v) is 17.5. The Morgan fingerprint density at radius 1 is 0.179 bits per heavy atom. The van der Waals surface area contributed by atoms with Crippen LogP contribution in [0.1, 0.15) is 282 Å². The molecule has 0 spiro atoms. The molecule has 3 aromatic carbocycles. The van der Waals surface area contributed by atoms with E-state index in [-0.39, 0.29) is 170 Å². The Morgan fingerprint density at radius 2 is 0.379 bits per heavy atom. The van der Waals surface area contributed by atoms with E-state index in [0.29, 0.717) is 0 Å². The van der Waals surface area contributed by atoms with Crippen molar-refractivity contribution in [1.29, 1.82) is 0 Å². The van der Waals surface area contributed by atoms with Gasteiger partial charge >= 0.3 is 0 Å². The third-order valence-electron chi connectivity index (χ3n) is 30.6. The van der Waals surface area contributed by atoms with Gasteiger partial charge in [0.25, 0.3) is 0 Å². The third-order valence-corrected chi connectivity index (χ3v) is 30.6. The van der Waals surface area contributed by atoms with Crippen LogP contribution in [0.2, 0.25) is 0 Å². The molecule has 14 aromatic rings. The number of rotatable bonds is 6. The first-order valence-electron chi connectivity index (χ1n) is 48.2. The van der Waals surface area contributed by atoms with E-state index in [4.69, 9.17) is 48.8 Å². The molecule has 0 aliphatic rings. The fraction of sp³-hybridized carbons (Fsp3) is 0.405. The van der Waals surface area contributed by atoms with Crippen LogP contribution in [0.15, 0.2) is 0 Å². The smallest absolute Gasteiger partial charge is 0.177 e. The van der Waals surface area contributed by atoms with Crippen LogP contribution in [0.3, 0.4) is 0 Å². The summed E-state index contributed by atoms with van der Waals surface area (Å²) in [5.41, 5.74) is 68.0. The molecule has 5 radical (unpaired) electrons. The molecule has 0 aliphatic carbocycles. The molecule has 0 unspecified atom stereocenters. The van der Waals surface area contributed by atoms with Gasteiger partial charge in [0.1, 0.15) is 17.2 Å². The van der Waals surface area contributed by atoms with E-state index >= 15 is 0 Å². The standard InChI is InChI=1S/C25H30N.C24H30N2.2C18H24N2.C15H21N3.C13H18N4.8CH3.5Ir.10H2/c1-12-11-22(17(6)14(3)13(12)2)25-24-19(8)16(5)15(4)18(7)23(24)20(9)21(10)26-25;1-11-12(2)16(6)22-21(15(11)5)18(8)20(10)26-24(22)23-17(7)13(3)14(4)19(9)25-23;2*1-9-11(3)15(7)19-17(13(9)5)18-14(6)10(2)12(4)16(8)20-18;1-8-9(2)11(4)16-14(10(8)3)15-17-12(5)13(6)18(15)7;1-7-8(2)10(4)14-12(9(7)3)13-15-11(5)16-17(13)6;;;;;;;;;;;;;;;;;;;;;;;/h2*1-10H3;2*1-8H3;1-7H3;1-6H3;8*1H3;;;;;;10*1H/q-1;;;;;;8*-1;;;;;;;;;;;;;;;/i;;;;;;;;;;;;;;;;;;;3*1+1D;7*1+1. The summed E-state index contributed by atoms with van der Waals surface area (Å²) in [6.07, 6.45) is 0. The molecule has 140 heavy (non-hydrogen) atoms. The molecule has 0 fully saturated rings. The minimum Gasteiger partial charge on any atom is -0.358 e. The van der Waals surface area contributed by atoms with Gasteiger partial charge in [0.2, 0.25) is 0 Å². The van der Waals surface area contributed by atoms with E-state index in [1.165, 1.54) is 222 Å². The number of fused-ring (bicyclic) bond motifs is 2. The second kappa shape index (κ2) is 55.4. The molecular weight excluding hydrogens is 2610 g/mol. The second-order valence-electron chi connectivity index (χ2n) is 37.1. The van der Waals surface area contributed by atoms with Crippen LogP contribution in [-0.4, -0.2) is 69.2 Å². The molecule has 0 bridgehead atoms. The molecule has 14 rings (SSSR count). The number of hydrogen-bond acceptors (Lipinski definition) is 12. The fourth-order valence-electron chi connectivity index (χ4n) is 17.5. The van der Waals surface area contributed by atoms with Gasteiger partial charge in [0, 0.05) is 196 Å². The maximum Gasteiger partial charge on any atom is 0.177 e. The summed E-state index contributed by atoms with van der Waals surface area (Å²) in [6, 6.07) is 3.66. The number of benzene rings is 3. The van der Waals surface area contributed by atoms with Crippen molar-refractivity contribution in [3.63, 3.8) is 0 Å². The van der Waals surface area contributed by atoms with Gasteiger partial charge in [-0.15, -0.1) is 33.9 Å². The zero-order valence-electron chi connectivity index (χ0n) is 103. The second-order valence-corrected chi connectivity index (χ2v) is 37.1. The van der Waals surface area contributed by atoms with E-state index in [1.54, 1.807) is 4.68 Å². The third kappa shape index (κ3) is 26.9. The largest absolute Gasteiger partial charge is 0.358 e. The number of imidazole rings is 1. The summed E-state index contributed by atoms with van der Waals surface area (Å²) in [7, 11) is 3.96. The monoisotopic (exact) mass is 2820 g/mol. The van der Waals surface area contributed by atoms with Crippen LogP contribution in [0, 0.1) is 391 Å². The number of aromatic nitrogens is 14. The Kier molecular flexibility index (Phi) is 53.1. The quantitative estimate of drug-likeness (QED) is 0.145. The molecule has 0 amide bonds. The van der Waals surface area contributed by atoms with E-state index < -0.39 is 0 Å².